The van der Waals surface area contributed by atoms with Gasteiger partial charge in [-0.1, -0.05) is 35.3 Å². The van der Waals surface area contributed by atoms with Crippen LogP contribution in [0.25, 0.3) is 6.08 Å². The van der Waals surface area contributed by atoms with Crippen molar-refractivity contribution in [2.45, 2.75) is 6.92 Å². The number of rotatable bonds is 5. The van der Waals surface area contributed by atoms with Crippen LogP contribution in [0, 0.1) is 12.7 Å². The molecule has 0 atom stereocenters. The van der Waals surface area contributed by atoms with Gasteiger partial charge in [0, 0.05) is 6.08 Å². The van der Waals surface area contributed by atoms with Crippen LogP contribution in [0.3, 0.4) is 0 Å². The van der Waals surface area contributed by atoms with E-state index in [1.807, 2.05) is 0 Å². The molecule has 0 spiro atoms. The summed E-state index contributed by atoms with van der Waals surface area (Å²) in [6.07, 6.45) is 2.58. The number of pyridine rings is 1. The topological polar surface area (TPSA) is 68.3 Å². The summed E-state index contributed by atoms with van der Waals surface area (Å²) in [7, 11) is 0. The summed E-state index contributed by atoms with van der Waals surface area (Å²) in [5.41, 5.74) is 1.12. The van der Waals surface area contributed by atoms with Crippen LogP contribution in [0.4, 0.5) is 10.2 Å². The van der Waals surface area contributed by atoms with E-state index in [1.54, 1.807) is 6.92 Å². The molecule has 2 aromatic rings. The van der Waals surface area contributed by atoms with Crippen LogP contribution >= 0.6 is 23.2 Å². The molecule has 0 radical (unpaired) electrons. The number of esters is 1. The Labute approximate surface area is 153 Å². The summed E-state index contributed by atoms with van der Waals surface area (Å²) < 4.78 is 17.6. The number of aryl methyl sites for hydroxylation is 1. The smallest absolute Gasteiger partial charge is 0.331 e. The molecule has 0 saturated carbocycles. The molecule has 8 heteroatoms. The first-order valence-corrected chi connectivity index (χ1v) is 7.83. The van der Waals surface area contributed by atoms with E-state index in [-0.39, 0.29) is 16.7 Å². The SMILES string of the molecule is Cc1nc(NC(=O)COC(=O)/C=C/c2ccc(F)cc2)c(Cl)cc1Cl. The van der Waals surface area contributed by atoms with Gasteiger partial charge in [-0.05, 0) is 36.8 Å². The number of ether oxygens (including phenoxy) is 1. The van der Waals surface area contributed by atoms with E-state index < -0.39 is 18.5 Å². The first-order valence-electron chi connectivity index (χ1n) is 7.08. The molecular weight excluding hydrogens is 370 g/mol. The van der Waals surface area contributed by atoms with Crippen LogP contribution in [0.1, 0.15) is 11.3 Å². The zero-order chi connectivity index (χ0) is 18.4. The number of carbonyl (C=O) groups excluding carboxylic acids is 2. The van der Waals surface area contributed by atoms with Crippen LogP contribution in [-0.4, -0.2) is 23.5 Å². The fraction of sp³-hybridized carbons (Fsp3) is 0.118. The van der Waals surface area contributed by atoms with E-state index in [9.17, 15) is 14.0 Å². The molecule has 0 aliphatic rings. The highest BCUT2D eigenvalue weighted by Gasteiger charge is 2.11. The summed E-state index contributed by atoms with van der Waals surface area (Å²) >= 11 is 11.8. The predicted octanol–water partition coefficient (Wildman–Crippen LogP) is 4.03. The van der Waals surface area contributed by atoms with Gasteiger partial charge in [-0.25, -0.2) is 14.2 Å². The lowest BCUT2D eigenvalue weighted by Gasteiger charge is -2.08. The Morgan fingerprint density at radius 2 is 1.92 bits per heavy atom. The Morgan fingerprint density at radius 1 is 1.24 bits per heavy atom. The quantitative estimate of drug-likeness (QED) is 0.625. The molecular formula is C17H13Cl2FN2O3. The number of amides is 1. The number of hydrogen-bond acceptors (Lipinski definition) is 4. The molecule has 1 aromatic heterocycles. The average molecular weight is 383 g/mol. The Kier molecular flexibility index (Phi) is 6.50. The second-order valence-corrected chi connectivity index (χ2v) is 5.74. The third kappa shape index (κ3) is 5.85. The molecule has 0 saturated heterocycles. The van der Waals surface area contributed by atoms with Gasteiger partial charge in [-0.2, -0.15) is 0 Å². The number of anilines is 1. The molecule has 1 aromatic carbocycles. The van der Waals surface area contributed by atoms with Gasteiger partial charge in [0.2, 0.25) is 0 Å². The lowest BCUT2D eigenvalue weighted by Crippen LogP contribution is -2.21. The minimum atomic E-state index is -0.717. The Morgan fingerprint density at radius 3 is 2.60 bits per heavy atom. The Bertz CT molecular complexity index is 823. The number of nitrogens with zero attached hydrogens (tertiary/aromatic N) is 1. The fourth-order valence-corrected chi connectivity index (χ4v) is 2.14. The first-order chi connectivity index (χ1) is 11.8. The summed E-state index contributed by atoms with van der Waals surface area (Å²) in [4.78, 5) is 27.4. The van der Waals surface area contributed by atoms with Crippen molar-refractivity contribution in [1.29, 1.82) is 0 Å². The Hall–Kier alpha value is -2.44. The van der Waals surface area contributed by atoms with Gasteiger partial charge < -0.3 is 10.1 Å². The maximum absolute atomic E-state index is 12.8. The van der Waals surface area contributed by atoms with E-state index in [1.165, 1.54) is 36.4 Å². The van der Waals surface area contributed by atoms with Crippen LogP contribution in [-0.2, 0) is 14.3 Å². The van der Waals surface area contributed by atoms with Crippen molar-refractivity contribution >= 4 is 47.0 Å². The molecule has 0 fully saturated rings. The molecule has 5 nitrogen and oxygen atoms in total. The molecule has 0 aliphatic carbocycles. The zero-order valence-corrected chi connectivity index (χ0v) is 14.6. The second kappa shape index (κ2) is 8.60. The highest BCUT2D eigenvalue weighted by Crippen LogP contribution is 2.25. The van der Waals surface area contributed by atoms with Crippen molar-refractivity contribution in [2.24, 2.45) is 0 Å². The van der Waals surface area contributed by atoms with Crippen LogP contribution in [0.15, 0.2) is 36.4 Å². The van der Waals surface area contributed by atoms with Crippen molar-refractivity contribution in [2.75, 3.05) is 11.9 Å². The molecule has 25 heavy (non-hydrogen) atoms. The van der Waals surface area contributed by atoms with E-state index in [0.29, 0.717) is 16.3 Å². The van der Waals surface area contributed by atoms with Gasteiger partial charge in [0.15, 0.2) is 12.4 Å². The molecule has 2 rings (SSSR count). The van der Waals surface area contributed by atoms with Gasteiger partial charge in [0.1, 0.15) is 5.82 Å². The predicted molar refractivity (Wildman–Crippen MR) is 94.0 cm³/mol. The normalized spacial score (nSPS) is 10.7. The number of benzene rings is 1. The number of nitrogens with one attached hydrogen (secondary N) is 1. The molecule has 1 heterocycles. The minimum absolute atomic E-state index is 0.131. The maximum atomic E-state index is 12.8. The van der Waals surface area contributed by atoms with E-state index in [2.05, 4.69) is 10.3 Å². The van der Waals surface area contributed by atoms with Gasteiger partial charge >= 0.3 is 5.97 Å². The lowest BCUT2D eigenvalue weighted by molar-refractivity contribution is -0.142. The van der Waals surface area contributed by atoms with Crippen molar-refractivity contribution < 1.29 is 18.7 Å². The molecule has 0 aliphatic heterocycles. The summed E-state index contributed by atoms with van der Waals surface area (Å²) in [5, 5.41) is 2.98. The van der Waals surface area contributed by atoms with Crippen molar-refractivity contribution in [3.8, 4) is 0 Å². The summed E-state index contributed by atoms with van der Waals surface area (Å²) in [6, 6.07) is 7.00. The zero-order valence-electron chi connectivity index (χ0n) is 13.1. The van der Waals surface area contributed by atoms with Gasteiger partial charge in [-0.3, -0.25) is 4.79 Å². The lowest BCUT2D eigenvalue weighted by atomic mass is 10.2. The summed E-state index contributed by atoms with van der Waals surface area (Å²) in [6.45, 7) is 1.15. The van der Waals surface area contributed by atoms with E-state index in [4.69, 9.17) is 27.9 Å². The van der Waals surface area contributed by atoms with Crippen molar-refractivity contribution in [3.63, 3.8) is 0 Å². The monoisotopic (exact) mass is 382 g/mol. The largest absolute Gasteiger partial charge is 0.452 e. The fourth-order valence-electron chi connectivity index (χ4n) is 1.74. The van der Waals surface area contributed by atoms with Gasteiger partial charge in [0.25, 0.3) is 5.91 Å². The molecule has 1 amide bonds. The van der Waals surface area contributed by atoms with Crippen LogP contribution in [0.2, 0.25) is 10.0 Å². The first kappa shape index (κ1) is 18.9. The molecule has 1 N–H and O–H groups in total. The number of hydrogen-bond donors (Lipinski definition) is 1. The second-order valence-electron chi connectivity index (χ2n) is 4.93. The molecule has 130 valence electrons. The maximum Gasteiger partial charge on any atom is 0.331 e. The van der Waals surface area contributed by atoms with Gasteiger partial charge in [-0.15, -0.1) is 0 Å². The standard InChI is InChI=1S/C17H13Cl2FN2O3/c1-10-13(18)8-14(19)17(21-10)22-15(23)9-25-16(24)7-4-11-2-5-12(20)6-3-11/h2-8H,9H2,1H3,(H,21,22,23)/b7-4+. The highest BCUT2D eigenvalue weighted by atomic mass is 35.5. The molecule has 0 bridgehead atoms. The third-order valence-electron chi connectivity index (χ3n) is 2.99. The number of carbonyl (C=O) groups is 2. The van der Waals surface area contributed by atoms with Crippen molar-refractivity contribution in [3.05, 3.63) is 63.5 Å². The third-order valence-corrected chi connectivity index (χ3v) is 3.66. The highest BCUT2D eigenvalue weighted by molar-refractivity contribution is 6.36. The van der Waals surface area contributed by atoms with E-state index in [0.717, 1.165) is 6.08 Å². The minimum Gasteiger partial charge on any atom is -0.452 e. The summed E-state index contributed by atoms with van der Waals surface area (Å²) in [5.74, 6) is -1.56. The van der Waals surface area contributed by atoms with Crippen LogP contribution < -0.4 is 5.32 Å². The number of aromatic nitrogens is 1. The molecule has 0 unspecified atom stereocenters. The van der Waals surface area contributed by atoms with Crippen molar-refractivity contribution in [1.82, 2.24) is 4.98 Å². The average Bonchev–Trinajstić information content (AvgIpc) is 2.57. The number of halogens is 3. The van der Waals surface area contributed by atoms with E-state index >= 15 is 0 Å². The Balaban J connectivity index is 1.86. The van der Waals surface area contributed by atoms with Gasteiger partial charge in [0.05, 0.1) is 15.7 Å². The van der Waals surface area contributed by atoms with Crippen LogP contribution in [0.5, 0.6) is 0 Å².